The van der Waals surface area contributed by atoms with Gasteiger partial charge in [0.2, 0.25) is 0 Å². The molecular formula is C16H19NS. The van der Waals surface area contributed by atoms with E-state index in [1.807, 2.05) is 24.0 Å². The van der Waals surface area contributed by atoms with Crippen molar-refractivity contribution in [3.05, 3.63) is 66.0 Å². The molecule has 0 aliphatic heterocycles. The predicted octanol–water partition coefficient (Wildman–Crippen LogP) is 3.99. The minimum Gasteiger partial charge on any atom is -0.261 e. The summed E-state index contributed by atoms with van der Waals surface area (Å²) in [5.41, 5.74) is 2.65. The van der Waals surface area contributed by atoms with E-state index in [1.165, 1.54) is 35.6 Å². The van der Waals surface area contributed by atoms with Gasteiger partial charge >= 0.3 is 0 Å². The van der Waals surface area contributed by atoms with Crippen LogP contribution in [-0.4, -0.2) is 16.5 Å². The Morgan fingerprint density at radius 1 is 0.833 bits per heavy atom. The first-order valence-electron chi connectivity index (χ1n) is 6.47. The molecule has 1 aromatic carbocycles. The van der Waals surface area contributed by atoms with Crippen LogP contribution >= 0.6 is 11.8 Å². The van der Waals surface area contributed by atoms with E-state index in [1.54, 1.807) is 0 Å². The quantitative estimate of drug-likeness (QED) is 0.696. The zero-order chi connectivity index (χ0) is 12.5. The lowest BCUT2D eigenvalue weighted by Gasteiger charge is -2.02. The molecule has 1 nitrogen and oxygen atoms in total. The average molecular weight is 257 g/mol. The first kappa shape index (κ1) is 13.2. The van der Waals surface area contributed by atoms with E-state index in [0.717, 1.165) is 6.42 Å². The second kappa shape index (κ2) is 7.93. The van der Waals surface area contributed by atoms with Crippen molar-refractivity contribution in [3.8, 4) is 0 Å². The van der Waals surface area contributed by atoms with Crippen molar-refractivity contribution in [2.75, 3.05) is 11.5 Å². The van der Waals surface area contributed by atoms with Crippen molar-refractivity contribution < 1.29 is 0 Å². The minimum atomic E-state index is 1.10. The lowest BCUT2D eigenvalue weighted by Crippen LogP contribution is -1.93. The Hall–Kier alpha value is -1.28. The van der Waals surface area contributed by atoms with Crippen molar-refractivity contribution in [2.45, 2.75) is 19.3 Å². The topological polar surface area (TPSA) is 12.9 Å². The van der Waals surface area contributed by atoms with Gasteiger partial charge in [0.05, 0.1) is 0 Å². The Bertz CT molecular complexity index is 384. The molecule has 0 atom stereocenters. The molecule has 0 aliphatic rings. The zero-order valence-electron chi connectivity index (χ0n) is 10.6. The molecule has 0 amide bonds. The van der Waals surface area contributed by atoms with Gasteiger partial charge < -0.3 is 0 Å². The second-order valence-corrected chi connectivity index (χ2v) is 5.50. The number of hydrogen-bond donors (Lipinski definition) is 0. The number of rotatable bonds is 7. The summed E-state index contributed by atoms with van der Waals surface area (Å²) in [5, 5.41) is 0. The molecule has 0 radical (unpaired) electrons. The van der Waals surface area contributed by atoms with Crippen molar-refractivity contribution in [2.24, 2.45) is 0 Å². The summed E-state index contributed by atoms with van der Waals surface area (Å²) >= 11 is 2.04. The summed E-state index contributed by atoms with van der Waals surface area (Å²) in [6.45, 7) is 0. The van der Waals surface area contributed by atoms with E-state index in [2.05, 4.69) is 47.4 Å². The Morgan fingerprint density at radius 2 is 1.67 bits per heavy atom. The third-order valence-corrected chi connectivity index (χ3v) is 3.90. The number of nitrogens with zero attached hydrogens (tertiary/aromatic N) is 1. The lowest BCUT2D eigenvalue weighted by atomic mass is 10.2. The van der Waals surface area contributed by atoms with Gasteiger partial charge in [-0.15, -0.1) is 0 Å². The molecule has 2 heteroatoms. The zero-order valence-corrected chi connectivity index (χ0v) is 11.4. The monoisotopic (exact) mass is 257 g/mol. The van der Waals surface area contributed by atoms with Gasteiger partial charge in [-0.3, -0.25) is 4.98 Å². The van der Waals surface area contributed by atoms with Crippen LogP contribution in [-0.2, 0) is 12.8 Å². The molecule has 0 saturated heterocycles. The van der Waals surface area contributed by atoms with Crippen LogP contribution in [0.25, 0.3) is 0 Å². The van der Waals surface area contributed by atoms with E-state index in [9.17, 15) is 0 Å². The molecule has 18 heavy (non-hydrogen) atoms. The van der Waals surface area contributed by atoms with Crippen LogP contribution in [0.3, 0.4) is 0 Å². The van der Waals surface area contributed by atoms with Crippen LogP contribution < -0.4 is 0 Å². The van der Waals surface area contributed by atoms with Gasteiger partial charge in [0.25, 0.3) is 0 Å². The Labute approximate surface area is 114 Å². The minimum absolute atomic E-state index is 1.10. The van der Waals surface area contributed by atoms with Gasteiger partial charge in [0.1, 0.15) is 0 Å². The largest absolute Gasteiger partial charge is 0.261 e. The van der Waals surface area contributed by atoms with E-state index in [4.69, 9.17) is 0 Å². The first-order valence-corrected chi connectivity index (χ1v) is 7.62. The van der Waals surface area contributed by atoms with Crippen molar-refractivity contribution in [1.82, 2.24) is 4.98 Å². The van der Waals surface area contributed by atoms with Gasteiger partial charge in [0.15, 0.2) is 0 Å². The molecule has 0 bridgehead atoms. The molecule has 0 saturated carbocycles. The van der Waals surface area contributed by atoms with Crippen molar-refractivity contribution in [1.29, 1.82) is 0 Å². The fourth-order valence-corrected chi connectivity index (χ4v) is 2.77. The first-order chi connectivity index (χ1) is 8.95. The number of benzene rings is 1. The highest BCUT2D eigenvalue weighted by Gasteiger charge is 1.95. The third-order valence-electron chi connectivity index (χ3n) is 2.83. The number of aromatic nitrogens is 1. The lowest BCUT2D eigenvalue weighted by molar-refractivity contribution is 0.891. The number of hydrogen-bond acceptors (Lipinski definition) is 2. The normalized spacial score (nSPS) is 10.4. The van der Waals surface area contributed by atoms with E-state index < -0.39 is 0 Å². The van der Waals surface area contributed by atoms with Crippen LogP contribution in [0, 0.1) is 0 Å². The molecule has 0 aliphatic carbocycles. The highest BCUT2D eigenvalue weighted by molar-refractivity contribution is 7.99. The highest BCUT2D eigenvalue weighted by Crippen LogP contribution is 2.09. The molecule has 2 aromatic rings. The standard InChI is InChI=1S/C16H19NS/c1-2-7-15(8-3-1)11-14-18-13-6-10-16-9-4-5-12-17-16/h1-5,7-9,12H,6,10-11,13-14H2. The molecule has 0 N–H and O–H groups in total. The molecule has 2 rings (SSSR count). The van der Waals surface area contributed by atoms with Gasteiger partial charge in [0, 0.05) is 11.9 Å². The van der Waals surface area contributed by atoms with Gasteiger partial charge in [-0.1, -0.05) is 36.4 Å². The van der Waals surface area contributed by atoms with E-state index in [-0.39, 0.29) is 0 Å². The summed E-state index contributed by atoms with van der Waals surface area (Å²) in [4.78, 5) is 4.33. The van der Waals surface area contributed by atoms with Crippen LogP contribution in [0.4, 0.5) is 0 Å². The average Bonchev–Trinajstić information content (AvgIpc) is 2.45. The summed E-state index contributed by atoms with van der Waals surface area (Å²) in [6.07, 6.45) is 5.36. The van der Waals surface area contributed by atoms with Crippen LogP contribution in [0.15, 0.2) is 54.7 Å². The second-order valence-electron chi connectivity index (χ2n) is 4.27. The maximum atomic E-state index is 4.33. The summed E-state index contributed by atoms with van der Waals surface area (Å²) < 4.78 is 0. The van der Waals surface area contributed by atoms with E-state index in [0.29, 0.717) is 0 Å². The van der Waals surface area contributed by atoms with Crippen molar-refractivity contribution >= 4 is 11.8 Å². The molecule has 1 aromatic heterocycles. The molecular weight excluding hydrogens is 238 g/mol. The van der Waals surface area contributed by atoms with Crippen molar-refractivity contribution in [3.63, 3.8) is 0 Å². The molecule has 94 valence electrons. The fourth-order valence-electron chi connectivity index (χ4n) is 1.84. The van der Waals surface area contributed by atoms with Gasteiger partial charge in [-0.05, 0) is 48.5 Å². The maximum absolute atomic E-state index is 4.33. The molecule has 0 fully saturated rings. The smallest absolute Gasteiger partial charge is 0.0403 e. The van der Waals surface area contributed by atoms with E-state index >= 15 is 0 Å². The fraction of sp³-hybridized carbons (Fsp3) is 0.312. The SMILES string of the molecule is c1ccc(CCSCCCc2ccccn2)cc1. The summed E-state index contributed by atoms with van der Waals surface area (Å²) in [6, 6.07) is 16.8. The Morgan fingerprint density at radius 3 is 2.44 bits per heavy atom. The van der Waals surface area contributed by atoms with Crippen LogP contribution in [0.1, 0.15) is 17.7 Å². The number of thioether (sulfide) groups is 1. The highest BCUT2D eigenvalue weighted by atomic mass is 32.2. The Balaban J connectivity index is 1.54. The maximum Gasteiger partial charge on any atom is 0.0403 e. The Kier molecular flexibility index (Phi) is 5.80. The molecule has 1 heterocycles. The molecule has 0 spiro atoms. The van der Waals surface area contributed by atoms with Crippen LogP contribution in [0.5, 0.6) is 0 Å². The number of aryl methyl sites for hydroxylation is 2. The van der Waals surface area contributed by atoms with Gasteiger partial charge in [-0.25, -0.2) is 0 Å². The summed E-state index contributed by atoms with van der Waals surface area (Å²) in [7, 11) is 0. The summed E-state index contributed by atoms with van der Waals surface area (Å²) in [5.74, 6) is 2.44. The predicted molar refractivity (Wildman–Crippen MR) is 80.0 cm³/mol. The third kappa shape index (κ3) is 4.92. The van der Waals surface area contributed by atoms with Gasteiger partial charge in [-0.2, -0.15) is 11.8 Å². The van der Waals surface area contributed by atoms with Crippen LogP contribution in [0.2, 0.25) is 0 Å². The molecule has 0 unspecified atom stereocenters. The number of pyridine rings is 1.